The first-order valence-corrected chi connectivity index (χ1v) is 14.1. The highest BCUT2D eigenvalue weighted by Crippen LogP contribution is 2.31. The third-order valence-corrected chi connectivity index (χ3v) is 7.59. The van der Waals surface area contributed by atoms with Crippen LogP contribution in [0.5, 0.6) is 11.5 Å². The number of para-hydroxylation sites is 2. The normalized spacial score (nSPS) is 11.1. The molecule has 4 aromatic carbocycles. The van der Waals surface area contributed by atoms with Crippen LogP contribution in [0, 0.1) is 12.7 Å². The molecule has 0 atom stereocenters. The Bertz CT molecular complexity index is 1890. The molecule has 0 unspecified atom stereocenters. The van der Waals surface area contributed by atoms with Crippen molar-refractivity contribution in [1.82, 2.24) is 9.97 Å². The molecular formula is C30H26FN5O5S. The second kappa shape index (κ2) is 11.7. The number of anilines is 4. The molecule has 10 nitrogen and oxygen atoms in total. The monoisotopic (exact) mass is 587 g/mol. The number of carbonyl (C=O) groups excluding carboxylic acids is 1. The number of fused-ring (bicyclic) bond motifs is 1. The van der Waals surface area contributed by atoms with Gasteiger partial charge >= 0.3 is 0 Å². The maximum absolute atomic E-state index is 14.0. The van der Waals surface area contributed by atoms with Gasteiger partial charge in [0, 0.05) is 35.1 Å². The number of sulfonamides is 1. The first kappa shape index (κ1) is 28.3. The minimum atomic E-state index is -4.21. The second-order valence-electron chi connectivity index (χ2n) is 9.19. The third-order valence-electron chi connectivity index (χ3n) is 6.25. The molecular weight excluding hydrogens is 561 g/mol. The Hall–Kier alpha value is -5.23. The van der Waals surface area contributed by atoms with Crippen molar-refractivity contribution in [2.75, 3.05) is 29.6 Å². The number of hydrogen-bond acceptors (Lipinski definition) is 8. The summed E-state index contributed by atoms with van der Waals surface area (Å²) < 4.78 is 54.2. The Morgan fingerprint density at radius 3 is 2.10 bits per heavy atom. The smallest absolute Gasteiger partial charge is 0.263 e. The highest BCUT2D eigenvalue weighted by Gasteiger charge is 2.20. The topological polar surface area (TPSA) is 132 Å². The number of carbonyl (C=O) groups is 1. The van der Waals surface area contributed by atoms with E-state index in [1.54, 1.807) is 49.4 Å². The Labute approximate surface area is 241 Å². The van der Waals surface area contributed by atoms with Crippen molar-refractivity contribution in [2.45, 2.75) is 11.8 Å². The first-order chi connectivity index (χ1) is 20.1. The van der Waals surface area contributed by atoms with Crippen LogP contribution in [-0.2, 0) is 10.0 Å². The number of ether oxygens (including phenoxy) is 2. The Morgan fingerprint density at radius 1 is 0.786 bits per heavy atom. The van der Waals surface area contributed by atoms with Crippen molar-refractivity contribution in [1.29, 1.82) is 0 Å². The largest absolute Gasteiger partial charge is 0.497 e. The van der Waals surface area contributed by atoms with Crippen molar-refractivity contribution < 1.29 is 27.1 Å². The van der Waals surface area contributed by atoms with E-state index >= 15 is 0 Å². The zero-order valence-electron chi connectivity index (χ0n) is 22.8. The van der Waals surface area contributed by atoms with E-state index in [0.29, 0.717) is 33.8 Å². The number of aromatic nitrogens is 2. The van der Waals surface area contributed by atoms with Crippen molar-refractivity contribution >= 4 is 50.0 Å². The molecule has 214 valence electrons. The molecule has 5 aromatic rings. The molecule has 0 aliphatic carbocycles. The average molecular weight is 588 g/mol. The summed E-state index contributed by atoms with van der Waals surface area (Å²) in [6.45, 7) is 1.59. The van der Waals surface area contributed by atoms with E-state index in [-0.39, 0.29) is 27.8 Å². The van der Waals surface area contributed by atoms with E-state index in [9.17, 15) is 17.6 Å². The van der Waals surface area contributed by atoms with Gasteiger partial charge in [-0.05, 0) is 55.0 Å². The van der Waals surface area contributed by atoms with Gasteiger partial charge in [0.2, 0.25) is 0 Å². The van der Waals surface area contributed by atoms with Gasteiger partial charge in [-0.15, -0.1) is 0 Å². The summed E-state index contributed by atoms with van der Waals surface area (Å²) in [4.78, 5) is 21.6. The fourth-order valence-corrected chi connectivity index (χ4v) is 5.09. The number of hydrogen-bond donors (Lipinski definition) is 3. The van der Waals surface area contributed by atoms with Gasteiger partial charge in [0.05, 0.1) is 30.1 Å². The molecule has 1 aromatic heterocycles. The lowest BCUT2D eigenvalue weighted by Crippen LogP contribution is -2.17. The third kappa shape index (κ3) is 6.23. The van der Waals surface area contributed by atoms with Gasteiger partial charge in [-0.25, -0.2) is 22.8 Å². The van der Waals surface area contributed by atoms with Crippen LogP contribution in [0.2, 0.25) is 0 Å². The van der Waals surface area contributed by atoms with E-state index in [4.69, 9.17) is 9.47 Å². The second-order valence-corrected chi connectivity index (χ2v) is 10.9. The number of aryl methyl sites for hydroxylation is 1. The van der Waals surface area contributed by atoms with Crippen LogP contribution in [0.4, 0.5) is 27.4 Å². The predicted octanol–water partition coefficient (Wildman–Crippen LogP) is 5.89. The molecule has 12 heteroatoms. The highest BCUT2D eigenvalue weighted by atomic mass is 32.2. The molecule has 1 heterocycles. The summed E-state index contributed by atoms with van der Waals surface area (Å²) in [6, 6.07) is 21.9. The predicted molar refractivity (Wildman–Crippen MR) is 159 cm³/mol. The van der Waals surface area contributed by atoms with Crippen molar-refractivity contribution in [3.63, 3.8) is 0 Å². The maximum atomic E-state index is 14.0. The molecule has 0 aliphatic rings. The molecule has 0 aliphatic heterocycles. The van der Waals surface area contributed by atoms with E-state index < -0.39 is 21.7 Å². The fourth-order valence-electron chi connectivity index (χ4n) is 4.04. The minimum Gasteiger partial charge on any atom is -0.497 e. The first-order valence-electron chi connectivity index (χ1n) is 12.6. The van der Waals surface area contributed by atoms with Crippen LogP contribution >= 0.6 is 0 Å². The van der Waals surface area contributed by atoms with E-state index in [1.165, 1.54) is 50.6 Å². The standard InChI is InChI=1S/C30H26FN5O5S/c1-18-11-12-19(13-25(18)31)30(37)33-20-7-6-8-24(16-20)42(38,39)36-29-28(34-26-9-4-5-10-27(26)35-29)32-21-14-22(40-2)17-23(15-21)41-3/h4-17H,1-3H3,(H,32,34)(H,33,37)(H,35,36). The van der Waals surface area contributed by atoms with E-state index in [0.717, 1.165) is 6.07 Å². The summed E-state index contributed by atoms with van der Waals surface area (Å²) in [7, 11) is -1.18. The molecule has 5 rings (SSSR count). The van der Waals surface area contributed by atoms with Gasteiger partial charge in [-0.2, -0.15) is 0 Å². The van der Waals surface area contributed by atoms with E-state index in [2.05, 4.69) is 25.3 Å². The van der Waals surface area contributed by atoms with Crippen LogP contribution in [0.25, 0.3) is 11.0 Å². The number of methoxy groups -OCH3 is 2. The summed E-state index contributed by atoms with van der Waals surface area (Å²) in [6.07, 6.45) is 0. The Morgan fingerprint density at radius 2 is 1.45 bits per heavy atom. The lowest BCUT2D eigenvalue weighted by molar-refractivity contribution is 0.102. The Kier molecular flexibility index (Phi) is 7.89. The van der Waals surface area contributed by atoms with Crippen molar-refractivity contribution in [3.8, 4) is 11.5 Å². The lowest BCUT2D eigenvalue weighted by Gasteiger charge is -2.15. The average Bonchev–Trinajstić information content (AvgIpc) is 2.98. The van der Waals surface area contributed by atoms with Gasteiger partial charge in [0.1, 0.15) is 17.3 Å². The molecule has 0 spiro atoms. The van der Waals surface area contributed by atoms with Crippen LogP contribution < -0.4 is 24.8 Å². The van der Waals surface area contributed by atoms with Crippen molar-refractivity contribution in [3.05, 3.63) is 102 Å². The van der Waals surface area contributed by atoms with Gasteiger partial charge in [0.25, 0.3) is 15.9 Å². The van der Waals surface area contributed by atoms with Gasteiger partial charge < -0.3 is 20.1 Å². The van der Waals surface area contributed by atoms with Crippen LogP contribution in [0.1, 0.15) is 15.9 Å². The van der Waals surface area contributed by atoms with E-state index in [1.807, 2.05) is 0 Å². The molecule has 0 radical (unpaired) electrons. The van der Waals surface area contributed by atoms with Crippen LogP contribution in [0.15, 0.2) is 89.8 Å². The summed E-state index contributed by atoms with van der Waals surface area (Å²) >= 11 is 0. The quantitative estimate of drug-likeness (QED) is 0.195. The van der Waals surface area contributed by atoms with Gasteiger partial charge in [-0.1, -0.05) is 24.3 Å². The highest BCUT2D eigenvalue weighted by molar-refractivity contribution is 7.92. The number of amides is 1. The Balaban J connectivity index is 1.46. The molecule has 0 bridgehead atoms. The molecule has 42 heavy (non-hydrogen) atoms. The zero-order chi connectivity index (χ0) is 29.9. The number of nitrogens with one attached hydrogen (secondary N) is 3. The molecule has 0 fully saturated rings. The summed E-state index contributed by atoms with van der Waals surface area (Å²) in [5.41, 5.74) is 2.23. The lowest BCUT2D eigenvalue weighted by atomic mass is 10.1. The number of benzene rings is 4. The number of halogens is 1. The summed E-state index contributed by atoms with van der Waals surface area (Å²) in [5.74, 6) is 0.00640. The minimum absolute atomic E-state index is 0.0555. The molecule has 1 amide bonds. The van der Waals surface area contributed by atoms with Crippen LogP contribution in [-0.4, -0.2) is 38.5 Å². The van der Waals surface area contributed by atoms with Crippen molar-refractivity contribution in [2.24, 2.45) is 0 Å². The zero-order valence-corrected chi connectivity index (χ0v) is 23.6. The summed E-state index contributed by atoms with van der Waals surface area (Å²) in [5, 5.41) is 5.71. The molecule has 0 saturated carbocycles. The SMILES string of the molecule is COc1cc(Nc2nc3ccccc3nc2NS(=O)(=O)c2cccc(NC(=O)c3ccc(C)c(F)c3)c2)cc(OC)c1. The van der Waals surface area contributed by atoms with Crippen LogP contribution in [0.3, 0.4) is 0 Å². The fraction of sp³-hybridized carbons (Fsp3) is 0.100. The molecule has 0 saturated heterocycles. The molecule has 3 N–H and O–H groups in total. The van der Waals surface area contributed by atoms with Gasteiger partial charge in [0.15, 0.2) is 11.6 Å². The number of nitrogens with zero attached hydrogens (tertiary/aromatic N) is 2. The number of rotatable bonds is 9. The maximum Gasteiger partial charge on any atom is 0.263 e. The van der Waals surface area contributed by atoms with Gasteiger partial charge in [-0.3, -0.25) is 9.52 Å².